The summed E-state index contributed by atoms with van der Waals surface area (Å²) in [6.07, 6.45) is -0.924. The van der Waals surface area contributed by atoms with E-state index in [2.05, 4.69) is 5.16 Å². The number of nitrogens with zero attached hydrogens (tertiary/aromatic N) is 2. The third kappa shape index (κ3) is 3.50. The van der Waals surface area contributed by atoms with E-state index in [0.717, 1.165) is 5.01 Å². The highest BCUT2D eigenvalue weighted by Crippen LogP contribution is 2.40. The highest BCUT2D eigenvalue weighted by molar-refractivity contribution is 6.39. The minimum Gasteiger partial charge on any atom is -0.403 e. The normalized spacial score (nSPS) is 10.7. The Kier molecular flexibility index (Phi) is 5.13. The molecule has 0 saturated heterocycles. The summed E-state index contributed by atoms with van der Waals surface area (Å²) in [4.78, 5) is 12.4. The van der Waals surface area contributed by atoms with Crippen LogP contribution in [0.3, 0.4) is 0 Å². The number of carbonyl (C=O) groups is 1. The molecule has 1 amide bonds. The van der Waals surface area contributed by atoms with Gasteiger partial charge in [-0.15, -0.1) is 0 Å². The summed E-state index contributed by atoms with van der Waals surface area (Å²) in [5.74, 6) is 5.54. The Balaban J connectivity index is 1.92. The zero-order valence-corrected chi connectivity index (χ0v) is 14.9. The molecule has 2 N–H and O–H groups in total. The summed E-state index contributed by atoms with van der Waals surface area (Å²) in [6.45, 7) is 1.56. The number of benzene rings is 2. The molecule has 1 aromatic heterocycles. The Bertz CT molecular complexity index is 940. The number of amides is 1. The second-order valence-corrected chi connectivity index (χ2v) is 6.04. The molecule has 0 saturated carbocycles. The molecule has 0 radical (unpaired) electrons. The number of hydrazine groups is 1. The number of anilines is 1. The van der Waals surface area contributed by atoms with Crippen LogP contribution in [0.5, 0.6) is 5.75 Å². The van der Waals surface area contributed by atoms with E-state index in [9.17, 15) is 9.18 Å². The van der Waals surface area contributed by atoms with Crippen molar-refractivity contribution in [3.63, 3.8) is 0 Å². The zero-order valence-electron chi connectivity index (χ0n) is 13.4. The Morgan fingerprint density at radius 2 is 1.81 bits per heavy atom. The SMILES string of the molecule is Cc1onc(-c2c(Cl)cccc2Cl)c1OC(=O)N(N)c1ccc(F)cc1. The molecule has 0 fully saturated rings. The van der Waals surface area contributed by atoms with E-state index in [4.69, 9.17) is 38.3 Å². The number of rotatable bonds is 3. The summed E-state index contributed by atoms with van der Waals surface area (Å²) in [5.41, 5.74) is 0.766. The fourth-order valence-corrected chi connectivity index (χ4v) is 2.79. The van der Waals surface area contributed by atoms with Crippen molar-refractivity contribution in [1.82, 2.24) is 5.16 Å². The van der Waals surface area contributed by atoms with Crippen LogP contribution in [0.1, 0.15) is 5.76 Å². The minimum atomic E-state index is -0.924. The number of hydrogen-bond donors (Lipinski definition) is 1. The van der Waals surface area contributed by atoms with Crippen molar-refractivity contribution >= 4 is 35.0 Å². The third-order valence-corrected chi connectivity index (χ3v) is 4.13. The molecule has 26 heavy (non-hydrogen) atoms. The highest BCUT2D eigenvalue weighted by atomic mass is 35.5. The quantitative estimate of drug-likeness (QED) is 0.384. The first-order valence-electron chi connectivity index (χ1n) is 7.31. The minimum absolute atomic E-state index is 0.0301. The molecule has 0 bridgehead atoms. The first-order valence-corrected chi connectivity index (χ1v) is 8.07. The van der Waals surface area contributed by atoms with Crippen molar-refractivity contribution in [3.8, 4) is 17.0 Å². The second-order valence-electron chi connectivity index (χ2n) is 5.23. The van der Waals surface area contributed by atoms with Crippen LogP contribution in [-0.4, -0.2) is 11.2 Å². The van der Waals surface area contributed by atoms with Crippen molar-refractivity contribution in [2.75, 3.05) is 5.01 Å². The molecule has 134 valence electrons. The van der Waals surface area contributed by atoms with E-state index in [1.807, 2.05) is 0 Å². The number of hydrogen-bond acceptors (Lipinski definition) is 5. The van der Waals surface area contributed by atoms with Gasteiger partial charge in [0.05, 0.1) is 15.7 Å². The summed E-state index contributed by atoms with van der Waals surface area (Å²) in [5, 5.41) is 5.22. The molecule has 9 heteroatoms. The van der Waals surface area contributed by atoms with Gasteiger partial charge in [0.25, 0.3) is 0 Å². The van der Waals surface area contributed by atoms with Gasteiger partial charge in [0.1, 0.15) is 5.82 Å². The predicted molar refractivity (Wildman–Crippen MR) is 95.8 cm³/mol. The fraction of sp³-hybridized carbons (Fsp3) is 0.0588. The van der Waals surface area contributed by atoms with E-state index >= 15 is 0 Å². The Morgan fingerprint density at radius 1 is 1.19 bits per heavy atom. The van der Waals surface area contributed by atoms with E-state index in [-0.39, 0.29) is 22.9 Å². The summed E-state index contributed by atoms with van der Waals surface area (Å²) >= 11 is 12.4. The maximum absolute atomic E-state index is 13.0. The van der Waals surface area contributed by atoms with Crippen molar-refractivity contribution in [2.24, 2.45) is 5.84 Å². The number of aryl methyl sites for hydroxylation is 1. The molecule has 1 heterocycles. The van der Waals surface area contributed by atoms with Crippen molar-refractivity contribution in [1.29, 1.82) is 0 Å². The molecule has 0 atom stereocenters. The maximum Gasteiger partial charge on any atom is 0.434 e. The molecule has 0 aliphatic heterocycles. The molecular weight excluding hydrogens is 384 g/mol. The molecule has 3 rings (SSSR count). The van der Waals surface area contributed by atoms with Crippen molar-refractivity contribution < 1.29 is 18.4 Å². The molecule has 6 nitrogen and oxygen atoms in total. The van der Waals surface area contributed by atoms with Gasteiger partial charge in [-0.05, 0) is 36.4 Å². The lowest BCUT2D eigenvalue weighted by Crippen LogP contribution is -2.39. The van der Waals surface area contributed by atoms with Crippen molar-refractivity contribution in [3.05, 3.63) is 64.1 Å². The third-order valence-electron chi connectivity index (χ3n) is 3.50. The van der Waals surface area contributed by atoms with Gasteiger partial charge in [-0.2, -0.15) is 0 Å². The number of halogens is 3. The molecular formula is C17H12Cl2FN3O3. The standard InChI is InChI=1S/C17H12Cl2FN3O3/c1-9-16(15(22-26-9)14-12(18)3-2-4-13(14)19)25-17(24)23(21)11-7-5-10(20)6-8-11/h2-8H,21H2,1H3. The zero-order chi connectivity index (χ0) is 18.8. The lowest BCUT2D eigenvalue weighted by molar-refractivity contribution is 0.206. The summed E-state index contributed by atoms with van der Waals surface area (Å²) in [7, 11) is 0. The van der Waals surface area contributed by atoms with Gasteiger partial charge in [0.15, 0.2) is 11.5 Å². The Hall–Kier alpha value is -2.61. The number of nitrogens with two attached hydrogens (primary N) is 1. The number of carbonyl (C=O) groups excluding carboxylic acids is 1. The van der Waals surface area contributed by atoms with Crippen molar-refractivity contribution in [2.45, 2.75) is 6.92 Å². The Morgan fingerprint density at radius 3 is 2.42 bits per heavy atom. The Labute approximate surface area is 157 Å². The van der Waals surface area contributed by atoms with Gasteiger partial charge in [-0.3, -0.25) is 0 Å². The average molecular weight is 396 g/mol. The van der Waals surface area contributed by atoms with Gasteiger partial charge in [-0.25, -0.2) is 20.0 Å². The van der Waals surface area contributed by atoms with E-state index < -0.39 is 11.9 Å². The summed E-state index contributed by atoms with van der Waals surface area (Å²) in [6, 6.07) is 9.91. The highest BCUT2D eigenvalue weighted by Gasteiger charge is 2.25. The van der Waals surface area contributed by atoms with E-state index in [0.29, 0.717) is 15.6 Å². The number of aromatic nitrogens is 1. The van der Waals surface area contributed by atoms with Gasteiger partial charge in [0, 0.05) is 12.5 Å². The van der Waals surface area contributed by atoms with Gasteiger partial charge >= 0.3 is 6.09 Å². The van der Waals surface area contributed by atoms with Gasteiger partial charge in [0.2, 0.25) is 5.75 Å². The van der Waals surface area contributed by atoms with Crippen LogP contribution < -0.4 is 15.6 Å². The first kappa shape index (κ1) is 18.2. The van der Waals surface area contributed by atoms with Crippen LogP contribution in [0, 0.1) is 12.7 Å². The van der Waals surface area contributed by atoms with Crippen LogP contribution in [0.4, 0.5) is 14.9 Å². The van der Waals surface area contributed by atoms with Gasteiger partial charge < -0.3 is 9.26 Å². The predicted octanol–water partition coefficient (Wildman–Crippen LogP) is 4.98. The van der Waals surface area contributed by atoms with E-state index in [1.165, 1.54) is 24.3 Å². The molecule has 0 aliphatic rings. The second kappa shape index (κ2) is 7.33. The average Bonchev–Trinajstić information content (AvgIpc) is 2.95. The largest absolute Gasteiger partial charge is 0.434 e. The lowest BCUT2D eigenvalue weighted by atomic mass is 10.1. The maximum atomic E-state index is 13.0. The first-order chi connectivity index (χ1) is 12.4. The summed E-state index contributed by atoms with van der Waals surface area (Å²) < 4.78 is 23.4. The topological polar surface area (TPSA) is 81.6 Å². The van der Waals surface area contributed by atoms with Crippen LogP contribution in [-0.2, 0) is 0 Å². The molecule has 0 spiro atoms. The van der Waals surface area contributed by atoms with Crippen LogP contribution in [0.15, 0.2) is 47.0 Å². The smallest absolute Gasteiger partial charge is 0.403 e. The lowest BCUT2D eigenvalue weighted by Gasteiger charge is -2.16. The monoisotopic (exact) mass is 395 g/mol. The molecule has 0 aliphatic carbocycles. The van der Waals surface area contributed by atoms with Crippen LogP contribution >= 0.6 is 23.2 Å². The molecule has 0 unspecified atom stereocenters. The number of ether oxygens (including phenoxy) is 1. The molecule has 3 aromatic rings. The van der Waals surface area contributed by atoms with Crippen LogP contribution in [0.25, 0.3) is 11.3 Å². The fourth-order valence-electron chi connectivity index (χ4n) is 2.21. The van der Waals surface area contributed by atoms with Crippen LogP contribution in [0.2, 0.25) is 10.0 Å². The van der Waals surface area contributed by atoms with Gasteiger partial charge in [-0.1, -0.05) is 34.4 Å². The van der Waals surface area contributed by atoms with E-state index in [1.54, 1.807) is 25.1 Å². The molecule has 2 aromatic carbocycles.